The molecule has 1 amide bonds. The average molecular weight is 388 g/mol. The molecule has 0 aliphatic heterocycles. The molecule has 8 heteroatoms. The van der Waals surface area contributed by atoms with E-state index in [0.717, 1.165) is 16.7 Å². The highest BCUT2D eigenvalue weighted by Crippen LogP contribution is 2.25. The van der Waals surface area contributed by atoms with Crippen molar-refractivity contribution in [2.45, 2.75) is 19.0 Å². The molecule has 1 aromatic heterocycles. The Morgan fingerprint density at radius 1 is 1.19 bits per heavy atom. The number of rotatable bonds is 5. The van der Waals surface area contributed by atoms with Crippen molar-refractivity contribution >= 4 is 35.0 Å². The number of nitrogens with zero attached hydrogens (tertiary/aromatic N) is 3. The normalized spacial score (nSPS) is 10.7. The molecular formula is C18H18ClN5OS. The molecule has 0 spiro atoms. The molecule has 0 atom stereocenters. The number of halogens is 1. The van der Waals surface area contributed by atoms with Crippen molar-refractivity contribution in [3.8, 4) is 11.4 Å². The molecule has 0 unspecified atom stereocenters. The second-order valence-corrected chi connectivity index (χ2v) is 7.17. The fraction of sp³-hybridized carbons (Fsp3) is 0.167. The molecule has 1 heterocycles. The highest BCUT2D eigenvalue weighted by atomic mass is 35.5. The van der Waals surface area contributed by atoms with Gasteiger partial charge in [0.05, 0.1) is 5.75 Å². The topological polar surface area (TPSA) is 85.8 Å². The molecule has 2 aromatic carbocycles. The number of aromatic nitrogens is 3. The van der Waals surface area contributed by atoms with E-state index in [1.807, 2.05) is 44.2 Å². The first-order chi connectivity index (χ1) is 12.5. The smallest absolute Gasteiger partial charge is 0.234 e. The molecule has 0 saturated heterocycles. The Labute approximate surface area is 160 Å². The van der Waals surface area contributed by atoms with Crippen LogP contribution in [-0.2, 0) is 4.79 Å². The Hall–Kier alpha value is -2.51. The number of amides is 1. The number of benzene rings is 2. The summed E-state index contributed by atoms with van der Waals surface area (Å²) in [5, 5.41) is 12.1. The second-order valence-electron chi connectivity index (χ2n) is 5.79. The van der Waals surface area contributed by atoms with Crippen molar-refractivity contribution in [1.29, 1.82) is 0 Å². The van der Waals surface area contributed by atoms with Crippen molar-refractivity contribution in [2.75, 3.05) is 16.9 Å². The predicted octanol–water partition coefficient (Wildman–Crippen LogP) is 3.66. The monoisotopic (exact) mass is 387 g/mol. The Kier molecular flexibility index (Phi) is 5.49. The SMILES string of the molecule is Cc1ccc(Cl)cc1NC(=O)CSc1nnc(-c2ccccc2C)n1N. The highest BCUT2D eigenvalue weighted by molar-refractivity contribution is 7.99. The van der Waals surface area contributed by atoms with Gasteiger partial charge in [-0.25, -0.2) is 4.68 Å². The van der Waals surface area contributed by atoms with Gasteiger partial charge in [-0.05, 0) is 37.1 Å². The zero-order chi connectivity index (χ0) is 18.7. The number of hydrogen-bond donors (Lipinski definition) is 2. The van der Waals surface area contributed by atoms with Gasteiger partial charge in [-0.3, -0.25) is 4.79 Å². The van der Waals surface area contributed by atoms with Gasteiger partial charge < -0.3 is 11.2 Å². The van der Waals surface area contributed by atoms with Gasteiger partial charge in [-0.15, -0.1) is 10.2 Å². The summed E-state index contributed by atoms with van der Waals surface area (Å²) in [6.07, 6.45) is 0. The van der Waals surface area contributed by atoms with Crippen molar-refractivity contribution in [2.24, 2.45) is 0 Å². The van der Waals surface area contributed by atoms with E-state index in [1.54, 1.807) is 12.1 Å². The minimum absolute atomic E-state index is 0.162. The molecule has 0 bridgehead atoms. The largest absolute Gasteiger partial charge is 0.335 e. The Bertz CT molecular complexity index is 957. The molecule has 134 valence electrons. The van der Waals surface area contributed by atoms with E-state index in [2.05, 4.69) is 15.5 Å². The van der Waals surface area contributed by atoms with E-state index >= 15 is 0 Å². The van der Waals surface area contributed by atoms with Crippen LogP contribution in [0.2, 0.25) is 5.02 Å². The molecule has 0 aliphatic carbocycles. The summed E-state index contributed by atoms with van der Waals surface area (Å²) in [4.78, 5) is 12.2. The summed E-state index contributed by atoms with van der Waals surface area (Å²) in [5.41, 5.74) is 3.60. The van der Waals surface area contributed by atoms with E-state index < -0.39 is 0 Å². The second kappa shape index (κ2) is 7.80. The van der Waals surface area contributed by atoms with E-state index in [4.69, 9.17) is 17.4 Å². The molecule has 0 aliphatic rings. The number of nitrogens with two attached hydrogens (primary N) is 1. The average Bonchev–Trinajstić information content (AvgIpc) is 2.97. The van der Waals surface area contributed by atoms with Crippen LogP contribution in [0.3, 0.4) is 0 Å². The van der Waals surface area contributed by atoms with E-state index in [9.17, 15) is 4.79 Å². The lowest BCUT2D eigenvalue weighted by molar-refractivity contribution is -0.113. The van der Waals surface area contributed by atoms with Gasteiger partial charge in [0.1, 0.15) is 0 Å². The number of thioether (sulfide) groups is 1. The van der Waals surface area contributed by atoms with E-state index in [1.165, 1.54) is 16.4 Å². The first-order valence-electron chi connectivity index (χ1n) is 7.91. The van der Waals surface area contributed by atoms with Crippen LogP contribution in [0.25, 0.3) is 11.4 Å². The van der Waals surface area contributed by atoms with Crippen molar-refractivity contribution in [1.82, 2.24) is 14.9 Å². The summed E-state index contributed by atoms with van der Waals surface area (Å²) in [6.45, 7) is 3.89. The number of aryl methyl sites for hydroxylation is 2. The first-order valence-corrected chi connectivity index (χ1v) is 9.27. The zero-order valence-electron chi connectivity index (χ0n) is 14.4. The predicted molar refractivity (Wildman–Crippen MR) is 106 cm³/mol. The van der Waals surface area contributed by atoms with Crippen LogP contribution in [0.4, 0.5) is 5.69 Å². The number of anilines is 1. The van der Waals surface area contributed by atoms with Gasteiger partial charge in [-0.2, -0.15) is 0 Å². The maximum atomic E-state index is 12.2. The molecule has 26 heavy (non-hydrogen) atoms. The molecule has 6 nitrogen and oxygen atoms in total. The minimum Gasteiger partial charge on any atom is -0.335 e. The van der Waals surface area contributed by atoms with Gasteiger partial charge in [-0.1, -0.05) is 53.7 Å². The standard InChI is InChI=1S/C18H18ClN5OS/c1-11-5-3-4-6-14(11)17-22-23-18(24(17)20)26-10-16(25)21-15-9-13(19)8-7-12(15)2/h3-9H,10,20H2,1-2H3,(H,21,25). The minimum atomic E-state index is -0.166. The Morgan fingerprint density at radius 2 is 1.96 bits per heavy atom. The summed E-state index contributed by atoms with van der Waals surface area (Å²) < 4.78 is 1.41. The molecule has 0 fully saturated rings. The van der Waals surface area contributed by atoms with E-state index in [0.29, 0.717) is 21.7 Å². The quantitative estimate of drug-likeness (QED) is 0.515. The fourth-order valence-electron chi connectivity index (χ4n) is 2.43. The van der Waals surface area contributed by atoms with Crippen LogP contribution >= 0.6 is 23.4 Å². The van der Waals surface area contributed by atoms with Crippen LogP contribution < -0.4 is 11.2 Å². The number of nitrogens with one attached hydrogen (secondary N) is 1. The van der Waals surface area contributed by atoms with Crippen molar-refractivity contribution in [3.63, 3.8) is 0 Å². The molecule has 0 saturated carbocycles. The van der Waals surface area contributed by atoms with Gasteiger partial charge in [0.15, 0.2) is 5.82 Å². The van der Waals surface area contributed by atoms with Crippen molar-refractivity contribution in [3.05, 3.63) is 58.6 Å². The van der Waals surface area contributed by atoms with Gasteiger partial charge in [0, 0.05) is 16.3 Å². The van der Waals surface area contributed by atoms with E-state index in [-0.39, 0.29) is 11.7 Å². The lowest BCUT2D eigenvalue weighted by Crippen LogP contribution is -2.17. The third-order valence-corrected chi connectivity index (χ3v) is 5.03. The number of carbonyl (C=O) groups excluding carboxylic acids is 1. The van der Waals surface area contributed by atoms with Gasteiger partial charge >= 0.3 is 0 Å². The molecule has 3 aromatic rings. The molecular weight excluding hydrogens is 370 g/mol. The highest BCUT2D eigenvalue weighted by Gasteiger charge is 2.15. The maximum absolute atomic E-state index is 12.2. The summed E-state index contributed by atoms with van der Waals surface area (Å²) in [5.74, 6) is 6.67. The lowest BCUT2D eigenvalue weighted by Gasteiger charge is -2.09. The summed E-state index contributed by atoms with van der Waals surface area (Å²) in [7, 11) is 0. The lowest BCUT2D eigenvalue weighted by atomic mass is 10.1. The van der Waals surface area contributed by atoms with Crippen LogP contribution in [0.5, 0.6) is 0 Å². The number of nitrogen functional groups attached to an aromatic ring is 1. The number of carbonyl (C=O) groups is 1. The molecule has 0 radical (unpaired) electrons. The van der Waals surface area contributed by atoms with Gasteiger partial charge in [0.2, 0.25) is 11.1 Å². The fourth-order valence-corrected chi connectivity index (χ4v) is 3.26. The van der Waals surface area contributed by atoms with Crippen LogP contribution in [0.1, 0.15) is 11.1 Å². The Balaban J connectivity index is 1.68. The van der Waals surface area contributed by atoms with Crippen LogP contribution in [0, 0.1) is 13.8 Å². The van der Waals surface area contributed by atoms with Crippen LogP contribution in [0.15, 0.2) is 47.6 Å². The van der Waals surface area contributed by atoms with Crippen molar-refractivity contribution < 1.29 is 4.79 Å². The first kappa shape index (κ1) is 18.3. The maximum Gasteiger partial charge on any atom is 0.234 e. The number of hydrogen-bond acceptors (Lipinski definition) is 5. The third kappa shape index (κ3) is 4.00. The van der Waals surface area contributed by atoms with Gasteiger partial charge in [0.25, 0.3) is 0 Å². The Morgan fingerprint density at radius 3 is 2.73 bits per heavy atom. The summed E-state index contributed by atoms with van der Waals surface area (Å²) >= 11 is 7.20. The molecule has 3 rings (SSSR count). The third-order valence-electron chi connectivity index (χ3n) is 3.86. The summed E-state index contributed by atoms with van der Waals surface area (Å²) in [6, 6.07) is 13.2. The van der Waals surface area contributed by atoms with Crippen LogP contribution in [-0.4, -0.2) is 26.5 Å². The molecule has 3 N–H and O–H groups in total. The zero-order valence-corrected chi connectivity index (χ0v) is 15.9.